The molecule has 4 nitrogen and oxygen atoms in total. The third kappa shape index (κ3) is 4.02. The van der Waals surface area contributed by atoms with E-state index < -0.39 is 5.09 Å². The molecule has 0 rings (SSSR count). The summed E-state index contributed by atoms with van der Waals surface area (Å²) in [5.41, 5.74) is 0. The van der Waals surface area contributed by atoms with Gasteiger partial charge in [-0.3, -0.25) is 0 Å². The molecule has 30 valence electrons. The van der Waals surface area contributed by atoms with E-state index in [0.717, 1.165) is 0 Å². The zero-order valence-electron chi connectivity index (χ0n) is 2.25. The summed E-state index contributed by atoms with van der Waals surface area (Å²) in [4.78, 5) is 8.98. The molecule has 5 heavy (non-hydrogen) atoms. The molecule has 0 aromatic heterocycles. The maximum atomic E-state index is 8.98. The Balaban J connectivity index is 2.85. The van der Waals surface area contributed by atoms with Crippen LogP contribution in [0.2, 0.25) is 0 Å². The van der Waals surface area contributed by atoms with Crippen LogP contribution in [0.5, 0.6) is 0 Å². The van der Waals surface area contributed by atoms with Gasteiger partial charge in [-0.1, -0.05) is 0 Å². The molecule has 0 aliphatic carbocycles. The van der Waals surface area contributed by atoms with Crippen molar-refractivity contribution in [2.75, 3.05) is 0 Å². The molecule has 5 heteroatoms. The van der Waals surface area contributed by atoms with Gasteiger partial charge in [-0.15, -0.1) is 0 Å². The summed E-state index contributed by atoms with van der Waals surface area (Å²) < 4.78 is 3.60. The third-order valence-corrected chi connectivity index (χ3v) is 0.577. The summed E-state index contributed by atoms with van der Waals surface area (Å²) in [6, 6.07) is 0. The molecule has 0 saturated carbocycles. The quantitative estimate of drug-likeness (QED) is 0.291. The molecule has 0 saturated heterocycles. The first kappa shape index (κ1) is 5.02. The molecule has 0 amide bonds. The first-order valence-electron chi connectivity index (χ1n) is 0.783. The molecule has 0 radical (unpaired) electrons. The molecule has 0 aromatic rings. The summed E-state index contributed by atoms with van der Waals surface area (Å²) >= 11 is 0.227. The Kier molecular flexibility index (Phi) is 2.28. The Morgan fingerprint density at radius 3 is 2.20 bits per heavy atom. The van der Waals surface area contributed by atoms with Crippen molar-refractivity contribution in [2.45, 2.75) is 0 Å². The summed E-state index contributed by atoms with van der Waals surface area (Å²) in [5, 5.41) is 8.17. The Labute approximate surface area is 42.3 Å². The van der Waals surface area contributed by atoms with Gasteiger partial charge >= 0.3 is 41.8 Å². The fraction of sp³-hybridized carbons (Fsp3) is 0. The van der Waals surface area contributed by atoms with Gasteiger partial charge in [-0.25, -0.2) is 0 Å². The molecular formula is H2NO3Sb. The van der Waals surface area contributed by atoms with E-state index in [0.29, 0.717) is 0 Å². The van der Waals surface area contributed by atoms with Gasteiger partial charge < -0.3 is 0 Å². The van der Waals surface area contributed by atoms with Crippen molar-refractivity contribution in [3.63, 3.8) is 0 Å². The molecule has 0 aliphatic rings. The van der Waals surface area contributed by atoms with E-state index in [1.807, 2.05) is 0 Å². The van der Waals surface area contributed by atoms with Gasteiger partial charge in [0.15, 0.2) is 0 Å². The summed E-state index contributed by atoms with van der Waals surface area (Å²) in [5.74, 6) is 0. The normalized spacial score (nSPS) is 6.60. The molecule has 0 unspecified atom stereocenters. The van der Waals surface area contributed by atoms with Gasteiger partial charge in [-0.2, -0.15) is 0 Å². The molecule has 0 spiro atoms. The first-order chi connectivity index (χ1) is 2.27. The summed E-state index contributed by atoms with van der Waals surface area (Å²) in [6.07, 6.45) is 0. The van der Waals surface area contributed by atoms with Crippen LogP contribution in [0.3, 0.4) is 0 Å². The van der Waals surface area contributed by atoms with E-state index in [1.165, 1.54) is 0 Å². The van der Waals surface area contributed by atoms with Crippen LogP contribution in [0.15, 0.2) is 0 Å². The SMILES string of the molecule is O=[N+]([O-])[O][SbH2]. The second-order valence-electron chi connectivity index (χ2n) is 0.329. The van der Waals surface area contributed by atoms with Gasteiger partial charge in [0.1, 0.15) is 0 Å². The molecule has 0 aromatic carbocycles. The fourth-order valence-electron chi connectivity index (χ4n) is 0. The van der Waals surface area contributed by atoms with Crippen LogP contribution in [0.25, 0.3) is 0 Å². The predicted octanol–water partition coefficient (Wildman–Crippen LogP) is -1.26. The number of hydrogen-bond acceptors (Lipinski definition) is 3. The molecule has 0 aliphatic heterocycles. The van der Waals surface area contributed by atoms with Gasteiger partial charge in [0, 0.05) is 0 Å². The van der Waals surface area contributed by atoms with Gasteiger partial charge in [0.25, 0.3) is 0 Å². The van der Waals surface area contributed by atoms with E-state index in [2.05, 4.69) is 3.12 Å². The molecule has 0 N–H and O–H groups in total. The van der Waals surface area contributed by atoms with Crippen molar-refractivity contribution in [2.24, 2.45) is 0 Å². The Bertz CT molecular complexity index is 42.2. The predicted molar refractivity (Wildman–Crippen MR) is 16.6 cm³/mol. The van der Waals surface area contributed by atoms with E-state index >= 15 is 0 Å². The zero-order chi connectivity index (χ0) is 4.28. The average Bonchev–Trinajstić information content (AvgIpc) is 1.38. The third-order valence-electron chi connectivity index (χ3n) is 0.0861. The van der Waals surface area contributed by atoms with Crippen LogP contribution in [-0.4, -0.2) is 28.5 Å². The second-order valence-corrected chi connectivity index (χ2v) is 0.931. The van der Waals surface area contributed by atoms with Crippen LogP contribution in [0.1, 0.15) is 0 Å². The molecular weight excluding hydrogens is 184 g/mol. The minimum atomic E-state index is -0.817. The fourth-order valence-corrected chi connectivity index (χ4v) is 0. The molecule has 0 bridgehead atoms. The van der Waals surface area contributed by atoms with Crippen molar-refractivity contribution in [3.8, 4) is 0 Å². The van der Waals surface area contributed by atoms with Crippen molar-refractivity contribution >= 4 is 23.4 Å². The van der Waals surface area contributed by atoms with Crippen LogP contribution < -0.4 is 0 Å². The van der Waals surface area contributed by atoms with Crippen molar-refractivity contribution in [3.05, 3.63) is 10.1 Å². The topological polar surface area (TPSA) is 52.4 Å². The maximum absolute atomic E-state index is 8.98. The van der Waals surface area contributed by atoms with E-state index in [1.54, 1.807) is 0 Å². The second kappa shape index (κ2) is 2.27. The minimum absolute atomic E-state index is 0.227. The molecule has 0 atom stereocenters. The molecule has 0 fully saturated rings. The van der Waals surface area contributed by atoms with Crippen LogP contribution >= 0.6 is 0 Å². The van der Waals surface area contributed by atoms with Crippen LogP contribution in [0, 0.1) is 10.1 Å². The van der Waals surface area contributed by atoms with E-state index in [9.17, 15) is 0 Å². The summed E-state index contributed by atoms with van der Waals surface area (Å²) in [6.45, 7) is 0. The summed E-state index contributed by atoms with van der Waals surface area (Å²) in [7, 11) is 0. The van der Waals surface area contributed by atoms with E-state index in [4.69, 9.17) is 10.1 Å². The van der Waals surface area contributed by atoms with Crippen LogP contribution in [0.4, 0.5) is 0 Å². The molecule has 0 heterocycles. The zero-order valence-corrected chi connectivity index (χ0v) is 5.54. The number of hydrogen-bond donors (Lipinski definition) is 0. The Morgan fingerprint density at radius 2 is 2.20 bits per heavy atom. The first-order valence-corrected chi connectivity index (χ1v) is 2.13. The van der Waals surface area contributed by atoms with Crippen LogP contribution in [-0.2, 0) is 3.12 Å². The average molecular weight is 186 g/mol. The number of rotatable bonds is 1. The monoisotopic (exact) mass is 185 g/mol. The Hall–Kier alpha value is 0.0182. The van der Waals surface area contributed by atoms with E-state index in [-0.39, 0.29) is 23.4 Å². The number of nitrogens with zero attached hydrogens (tertiary/aromatic N) is 1. The van der Waals surface area contributed by atoms with Crippen molar-refractivity contribution in [1.29, 1.82) is 0 Å². The van der Waals surface area contributed by atoms with Crippen molar-refractivity contribution in [1.82, 2.24) is 0 Å². The van der Waals surface area contributed by atoms with Gasteiger partial charge in [-0.05, 0) is 0 Å². The van der Waals surface area contributed by atoms with Gasteiger partial charge in [0.2, 0.25) is 0 Å². The van der Waals surface area contributed by atoms with Gasteiger partial charge in [0.05, 0.1) is 0 Å². The standard InChI is InChI=1S/NO3.Sb.2H/c2-1(3)4;;;/q-1;+1;;. The van der Waals surface area contributed by atoms with Crippen molar-refractivity contribution < 1.29 is 8.20 Å². The Morgan fingerprint density at radius 1 is 2.00 bits per heavy atom.